The number of anilines is 1. The van der Waals surface area contributed by atoms with Gasteiger partial charge in [0, 0.05) is 17.8 Å². The van der Waals surface area contributed by atoms with Crippen LogP contribution in [-0.2, 0) is 22.7 Å². The third kappa shape index (κ3) is 5.62. The molecule has 0 radical (unpaired) electrons. The summed E-state index contributed by atoms with van der Waals surface area (Å²) in [5, 5.41) is 2.98. The van der Waals surface area contributed by atoms with Crippen LogP contribution in [0, 0.1) is 6.92 Å². The number of piperazine rings is 1. The van der Waals surface area contributed by atoms with Crippen LogP contribution < -0.4 is 10.2 Å². The topological polar surface area (TPSA) is 53.9 Å². The molecule has 5 nitrogen and oxygen atoms in total. The van der Waals surface area contributed by atoms with E-state index in [1.54, 1.807) is 0 Å². The summed E-state index contributed by atoms with van der Waals surface area (Å²) >= 11 is 0. The predicted molar refractivity (Wildman–Crippen MR) is 126 cm³/mol. The summed E-state index contributed by atoms with van der Waals surface area (Å²) in [6.45, 7) is 4.80. The Morgan fingerprint density at radius 1 is 0.969 bits per heavy atom. The maximum atomic E-state index is 13.5. The maximum absolute atomic E-state index is 13.5. The molecular formula is C27H30N3O2+. The average Bonchev–Trinajstić information content (AvgIpc) is 2.79. The monoisotopic (exact) mass is 428 g/mol. The highest BCUT2D eigenvalue weighted by atomic mass is 16.2. The van der Waals surface area contributed by atoms with Gasteiger partial charge in [-0.15, -0.1) is 0 Å². The van der Waals surface area contributed by atoms with Gasteiger partial charge in [-0.05, 0) is 30.2 Å². The van der Waals surface area contributed by atoms with Crippen molar-refractivity contribution in [3.8, 4) is 0 Å². The molecule has 164 valence electrons. The van der Waals surface area contributed by atoms with E-state index in [0.29, 0.717) is 13.1 Å². The molecule has 3 aromatic carbocycles. The van der Waals surface area contributed by atoms with E-state index in [9.17, 15) is 9.59 Å². The van der Waals surface area contributed by atoms with E-state index in [1.165, 1.54) is 5.56 Å². The summed E-state index contributed by atoms with van der Waals surface area (Å²) in [5.74, 6) is -0.0773. The third-order valence-electron chi connectivity index (χ3n) is 5.99. The molecule has 1 aliphatic rings. The summed E-state index contributed by atoms with van der Waals surface area (Å²) in [7, 11) is 0. The first-order valence-corrected chi connectivity index (χ1v) is 11.2. The number of aryl methyl sites for hydroxylation is 1. The summed E-state index contributed by atoms with van der Waals surface area (Å²) in [6, 6.07) is 27.6. The number of hydrogen-bond donors (Lipinski definition) is 2. The molecule has 3 aromatic rings. The zero-order chi connectivity index (χ0) is 22.3. The quantitative estimate of drug-likeness (QED) is 0.608. The Labute approximate surface area is 189 Å². The molecule has 1 aliphatic heterocycles. The highest BCUT2D eigenvalue weighted by molar-refractivity contribution is 5.95. The zero-order valence-electron chi connectivity index (χ0n) is 18.5. The molecule has 1 unspecified atom stereocenters. The van der Waals surface area contributed by atoms with E-state index < -0.39 is 6.04 Å². The first kappa shape index (κ1) is 21.8. The smallest absolute Gasteiger partial charge is 0.281 e. The van der Waals surface area contributed by atoms with Gasteiger partial charge in [-0.25, -0.2) is 0 Å². The lowest BCUT2D eigenvalue weighted by Gasteiger charge is -2.38. The van der Waals surface area contributed by atoms with E-state index in [0.717, 1.165) is 34.8 Å². The Hall–Kier alpha value is -3.44. The van der Waals surface area contributed by atoms with Crippen molar-refractivity contribution in [3.05, 3.63) is 102 Å². The SMILES string of the molecule is Cc1cccc(NC(=O)C[C@@H]2C(=O)N(Cc3ccccc3)CC[NH+]2Cc2ccccc2)c1. The van der Waals surface area contributed by atoms with Crippen LogP contribution in [0.3, 0.4) is 0 Å². The number of rotatable bonds is 7. The molecule has 0 saturated carbocycles. The minimum absolute atomic E-state index is 0.0467. The van der Waals surface area contributed by atoms with Crippen molar-refractivity contribution < 1.29 is 14.5 Å². The molecule has 0 spiro atoms. The second-order valence-corrected chi connectivity index (χ2v) is 8.49. The highest BCUT2D eigenvalue weighted by Gasteiger charge is 2.39. The van der Waals surface area contributed by atoms with E-state index in [2.05, 4.69) is 17.4 Å². The van der Waals surface area contributed by atoms with Gasteiger partial charge in [0.1, 0.15) is 6.54 Å². The van der Waals surface area contributed by atoms with Gasteiger partial charge in [-0.2, -0.15) is 0 Å². The van der Waals surface area contributed by atoms with E-state index in [4.69, 9.17) is 0 Å². The number of nitrogens with one attached hydrogen (secondary N) is 2. The fourth-order valence-corrected chi connectivity index (χ4v) is 4.34. The van der Waals surface area contributed by atoms with Gasteiger partial charge < -0.3 is 15.1 Å². The Morgan fingerprint density at radius 2 is 1.66 bits per heavy atom. The fourth-order valence-electron chi connectivity index (χ4n) is 4.34. The maximum Gasteiger partial charge on any atom is 0.281 e. The summed E-state index contributed by atoms with van der Waals surface area (Å²) < 4.78 is 0. The van der Waals surface area contributed by atoms with Gasteiger partial charge in [0.05, 0.1) is 19.5 Å². The van der Waals surface area contributed by atoms with Crippen molar-refractivity contribution in [2.75, 3.05) is 18.4 Å². The van der Waals surface area contributed by atoms with Gasteiger partial charge >= 0.3 is 0 Å². The lowest BCUT2D eigenvalue weighted by atomic mass is 10.0. The molecule has 2 atom stereocenters. The van der Waals surface area contributed by atoms with Crippen molar-refractivity contribution in [1.29, 1.82) is 0 Å². The standard InChI is InChI=1S/C27H29N3O2/c1-21-9-8-14-24(17-21)28-26(31)18-25-27(32)30(20-23-12-6-3-7-13-23)16-15-29(25)19-22-10-4-2-5-11-22/h2-14,17,25H,15-16,18-20H2,1H3,(H,28,31)/p+1/t25-/m1/s1. The Morgan fingerprint density at radius 3 is 2.34 bits per heavy atom. The molecule has 4 rings (SSSR count). The summed E-state index contributed by atoms with van der Waals surface area (Å²) in [6.07, 6.45) is 0.167. The first-order valence-electron chi connectivity index (χ1n) is 11.2. The zero-order valence-corrected chi connectivity index (χ0v) is 18.5. The Balaban J connectivity index is 1.50. The number of benzene rings is 3. The van der Waals surface area contributed by atoms with Gasteiger partial charge in [0.25, 0.3) is 5.91 Å². The van der Waals surface area contributed by atoms with E-state index >= 15 is 0 Å². The number of nitrogens with zero attached hydrogens (tertiary/aromatic N) is 1. The van der Waals surface area contributed by atoms with Crippen molar-refractivity contribution in [3.63, 3.8) is 0 Å². The number of carbonyl (C=O) groups excluding carboxylic acids is 2. The van der Waals surface area contributed by atoms with Crippen LogP contribution in [0.1, 0.15) is 23.1 Å². The Bertz CT molecular complexity index is 1050. The molecule has 1 heterocycles. The first-order chi connectivity index (χ1) is 15.6. The second-order valence-electron chi connectivity index (χ2n) is 8.49. The molecule has 1 saturated heterocycles. The van der Waals surface area contributed by atoms with Gasteiger partial charge in [-0.3, -0.25) is 9.59 Å². The predicted octanol–water partition coefficient (Wildman–Crippen LogP) is 2.82. The highest BCUT2D eigenvalue weighted by Crippen LogP contribution is 2.13. The largest absolute Gasteiger partial charge is 0.328 e. The summed E-state index contributed by atoms with van der Waals surface area (Å²) in [4.78, 5) is 29.4. The Kier molecular flexibility index (Phi) is 6.97. The molecule has 0 aliphatic carbocycles. The molecule has 0 aromatic heterocycles. The fraction of sp³-hybridized carbons (Fsp3) is 0.259. The van der Waals surface area contributed by atoms with E-state index in [-0.39, 0.29) is 18.2 Å². The van der Waals surface area contributed by atoms with E-state index in [1.807, 2.05) is 84.6 Å². The number of quaternary nitrogens is 1. The molecule has 2 N–H and O–H groups in total. The van der Waals surface area contributed by atoms with Crippen LogP contribution in [0.25, 0.3) is 0 Å². The normalized spacial score (nSPS) is 18.4. The number of carbonyl (C=O) groups is 2. The molecule has 32 heavy (non-hydrogen) atoms. The van der Waals surface area contributed by atoms with Crippen LogP contribution in [0.4, 0.5) is 5.69 Å². The minimum atomic E-state index is -0.405. The van der Waals surface area contributed by atoms with Crippen molar-refractivity contribution in [2.45, 2.75) is 32.5 Å². The number of amides is 2. The van der Waals surface area contributed by atoms with Crippen LogP contribution in [-0.4, -0.2) is 35.8 Å². The van der Waals surface area contributed by atoms with Gasteiger partial charge in [-0.1, -0.05) is 72.8 Å². The van der Waals surface area contributed by atoms with Crippen LogP contribution in [0.5, 0.6) is 0 Å². The van der Waals surface area contributed by atoms with Gasteiger partial charge in [0.15, 0.2) is 6.04 Å². The molecular weight excluding hydrogens is 398 g/mol. The van der Waals surface area contributed by atoms with Crippen molar-refractivity contribution in [2.24, 2.45) is 0 Å². The molecule has 1 fully saturated rings. The lowest BCUT2D eigenvalue weighted by molar-refractivity contribution is -0.932. The van der Waals surface area contributed by atoms with Crippen LogP contribution in [0.15, 0.2) is 84.9 Å². The molecule has 5 heteroatoms. The van der Waals surface area contributed by atoms with Crippen molar-refractivity contribution >= 4 is 17.5 Å². The van der Waals surface area contributed by atoms with Gasteiger partial charge in [0.2, 0.25) is 5.91 Å². The van der Waals surface area contributed by atoms with Crippen LogP contribution >= 0.6 is 0 Å². The van der Waals surface area contributed by atoms with Crippen LogP contribution in [0.2, 0.25) is 0 Å². The third-order valence-corrected chi connectivity index (χ3v) is 5.99. The molecule has 0 bridgehead atoms. The molecule has 2 amide bonds. The second kappa shape index (κ2) is 10.2. The summed E-state index contributed by atoms with van der Waals surface area (Å²) in [5.41, 5.74) is 4.14. The average molecular weight is 429 g/mol. The number of hydrogen-bond acceptors (Lipinski definition) is 2. The lowest BCUT2D eigenvalue weighted by Crippen LogP contribution is -3.18. The van der Waals surface area contributed by atoms with Crippen molar-refractivity contribution in [1.82, 2.24) is 4.90 Å². The minimum Gasteiger partial charge on any atom is -0.328 e.